The molecule has 116 valence electrons. The summed E-state index contributed by atoms with van der Waals surface area (Å²) in [5.41, 5.74) is 0.408. The molecule has 2 rings (SSSR count). The summed E-state index contributed by atoms with van der Waals surface area (Å²) in [4.78, 5) is 14.5. The molecule has 0 bridgehead atoms. The number of benzene rings is 1. The van der Waals surface area contributed by atoms with Gasteiger partial charge in [-0.15, -0.1) is 0 Å². The SMILES string of the molecule is CCCN(CC1CCCCN1)C(=O)c1cc(F)cc(Br)c1. The van der Waals surface area contributed by atoms with Crippen molar-refractivity contribution >= 4 is 21.8 Å². The summed E-state index contributed by atoms with van der Waals surface area (Å²) in [6, 6.07) is 4.71. The van der Waals surface area contributed by atoms with Gasteiger partial charge < -0.3 is 10.2 Å². The number of nitrogens with one attached hydrogen (secondary N) is 1. The molecular weight excluding hydrogens is 335 g/mol. The second-order valence-electron chi connectivity index (χ2n) is 5.56. The van der Waals surface area contributed by atoms with Gasteiger partial charge in [0.05, 0.1) is 0 Å². The number of piperidine rings is 1. The van der Waals surface area contributed by atoms with Crippen LogP contribution in [0.1, 0.15) is 43.0 Å². The highest BCUT2D eigenvalue weighted by atomic mass is 79.9. The maximum absolute atomic E-state index is 13.5. The molecule has 1 aromatic rings. The fraction of sp³-hybridized carbons (Fsp3) is 0.562. The Balaban J connectivity index is 2.10. The van der Waals surface area contributed by atoms with E-state index in [1.54, 1.807) is 6.07 Å². The topological polar surface area (TPSA) is 32.3 Å². The van der Waals surface area contributed by atoms with Crippen molar-refractivity contribution in [3.8, 4) is 0 Å². The first kappa shape index (κ1) is 16.4. The van der Waals surface area contributed by atoms with Crippen LogP contribution in [0.5, 0.6) is 0 Å². The Kier molecular flexibility index (Phi) is 6.18. The van der Waals surface area contributed by atoms with Gasteiger partial charge in [-0.3, -0.25) is 4.79 Å². The molecule has 1 N–H and O–H groups in total. The Morgan fingerprint density at radius 3 is 2.86 bits per heavy atom. The molecule has 5 heteroatoms. The fourth-order valence-corrected chi connectivity index (χ4v) is 3.22. The maximum atomic E-state index is 13.5. The van der Waals surface area contributed by atoms with Crippen molar-refractivity contribution in [1.82, 2.24) is 10.2 Å². The Morgan fingerprint density at radius 1 is 1.43 bits per heavy atom. The van der Waals surface area contributed by atoms with Gasteiger partial charge in [0.15, 0.2) is 0 Å². The minimum atomic E-state index is -0.389. The first-order chi connectivity index (χ1) is 10.1. The van der Waals surface area contributed by atoms with Crippen LogP contribution in [0.2, 0.25) is 0 Å². The van der Waals surface area contributed by atoms with E-state index in [1.807, 2.05) is 4.90 Å². The Morgan fingerprint density at radius 2 is 2.24 bits per heavy atom. The first-order valence-corrected chi connectivity index (χ1v) is 8.38. The lowest BCUT2D eigenvalue weighted by atomic mass is 10.0. The van der Waals surface area contributed by atoms with Crippen molar-refractivity contribution in [2.75, 3.05) is 19.6 Å². The highest BCUT2D eigenvalue weighted by Gasteiger charge is 2.21. The third-order valence-corrected chi connectivity index (χ3v) is 4.20. The van der Waals surface area contributed by atoms with Crippen LogP contribution in [0.25, 0.3) is 0 Å². The molecule has 1 saturated heterocycles. The number of rotatable bonds is 5. The quantitative estimate of drug-likeness (QED) is 0.874. The lowest BCUT2D eigenvalue weighted by Gasteiger charge is -2.30. The van der Waals surface area contributed by atoms with E-state index in [1.165, 1.54) is 25.0 Å². The number of amides is 1. The zero-order valence-electron chi connectivity index (χ0n) is 12.4. The maximum Gasteiger partial charge on any atom is 0.254 e. The van der Waals surface area contributed by atoms with E-state index in [-0.39, 0.29) is 11.7 Å². The van der Waals surface area contributed by atoms with Crippen LogP contribution in [0, 0.1) is 5.82 Å². The van der Waals surface area contributed by atoms with E-state index < -0.39 is 0 Å². The molecule has 0 spiro atoms. The van der Waals surface area contributed by atoms with Crippen LogP contribution < -0.4 is 5.32 Å². The molecule has 0 aliphatic carbocycles. The lowest BCUT2D eigenvalue weighted by Crippen LogP contribution is -2.46. The highest BCUT2D eigenvalue weighted by Crippen LogP contribution is 2.17. The number of halogens is 2. The monoisotopic (exact) mass is 356 g/mol. The molecular formula is C16H22BrFN2O. The summed E-state index contributed by atoms with van der Waals surface area (Å²) >= 11 is 3.24. The molecule has 1 aliphatic rings. The van der Waals surface area contributed by atoms with Gasteiger partial charge in [0, 0.05) is 29.2 Å². The minimum absolute atomic E-state index is 0.0931. The number of hydrogen-bond acceptors (Lipinski definition) is 2. The fourth-order valence-electron chi connectivity index (χ4n) is 2.75. The number of carbonyl (C=O) groups excluding carboxylic acids is 1. The third kappa shape index (κ3) is 4.78. The average Bonchev–Trinajstić information content (AvgIpc) is 2.46. The van der Waals surface area contributed by atoms with Crippen LogP contribution in [0.4, 0.5) is 4.39 Å². The first-order valence-electron chi connectivity index (χ1n) is 7.59. The van der Waals surface area contributed by atoms with E-state index in [9.17, 15) is 9.18 Å². The largest absolute Gasteiger partial charge is 0.337 e. The minimum Gasteiger partial charge on any atom is -0.337 e. The van der Waals surface area contributed by atoms with Crippen LogP contribution in [0.3, 0.4) is 0 Å². The molecule has 1 aromatic carbocycles. The average molecular weight is 357 g/mol. The molecule has 0 aromatic heterocycles. The molecule has 21 heavy (non-hydrogen) atoms. The zero-order chi connectivity index (χ0) is 15.2. The van der Waals surface area contributed by atoms with E-state index in [0.717, 1.165) is 19.4 Å². The van der Waals surface area contributed by atoms with Crippen molar-refractivity contribution in [1.29, 1.82) is 0 Å². The van der Waals surface area contributed by atoms with Crippen LogP contribution in [-0.4, -0.2) is 36.5 Å². The molecule has 3 nitrogen and oxygen atoms in total. The Bertz CT molecular complexity index is 469. The summed E-state index contributed by atoms with van der Waals surface area (Å²) in [7, 11) is 0. The predicted octanol–water partition coefficient (Wildman–Crippen LogP) is 3.58. The van der Waals surface area contributed by atoms with E-state index in [2.05, 4.69) is 28.2 Å². The summed E-state index contributed by atoms with van der Waals surface area (Å²) in [6.45, 7) is 4.46. The van der Waals surface area contributed by atoms with Crippen LogP contribution >= 0.6 is 15.9 Å². The number of carbonyl (C=O) groups is 1. The van der Waals surface area contributed by atoms with Gasteiger partial charge in [-0.05, 0) is 44.0 Å². The molecule has 1 atom stereocenters. The van der Waals surface area contributed by atoms with Crippen molar-refractivity contribution in [2.24, 2.45) is 0 Å². The molecule has 1 heterocycles. The number of hydrogen-bond donors (Lipinski definition) is 1. The van der Waals surface area contributed by atoms with E-state index in [4.69, 9.17) is 0 Å². The van der Waals surface area contributed by atoms with Crippen LogP contribution in [0.15, 0.2) is 22.7 Å². The normalized spacial score (nSPS) is 18.5. The van der Waals surface area contributed by atoms with Gasteiger partial charge in [-0.25, -0.2) is 4.39 Å². The van der Waals surface area contributed by atoms with Gasteiger partial charge in [0.2, 0.25) is 0 Å². The second-order valence-corrected chi connectivity index (χ2v) is 6.47. The summed E-state index contributed by atoms with van der Waals surface area (Å²) in [5, 5.41) is 3.46. The smallest absolute Gasteiger partial charge is 0.254 e. The van der Waals surface area contributed by atoms with Crippen molar-refractivity contribution in [2.45, 2.75) is 38.6 Å². The second kappa shape index (κ2) is 7.90. The molecule has 0 radical (unpaired) electrons. The van der Waals surface area contributed by atoms with Gasteiger partial charge >= 0.3 is 0 Å². The molecule has 0 saturated carbocycles. The van der Waals surface area contributed by atoms with Gasteiger partial charge in [-0.2, -0.15) is 0 Å². The van der Waals surface area contributed by atoms with E-state index >= 15 is 0 Å². The summed E-state index contributed by atoms with van der Waals surface area (Å²) in [5.74, 6) is -0.482. The van der Waals surface area contributed by atoms with Crippen molar-refractivity contribution in [3.05, 3.63) is 34.1 Å². The molecule has 1 unspecified atom stereocenters. The predicted molar refractivity (Wildman–Crippen MR) is 85.9 cm³/mol. The lowest BCUT2D eigenvalue weighted by molar-refractivity contribution is 0.0731. The highest BCUT2D eigenvalue weighted by molar-refractivity contribution is 9.10. The zero-order valence-corrected chi connectivity index (χ0v) is 14.0. The Labute approximate surface area is 134 Å². The third-order valence-electron chi connectivity index (χ3n) is 3.74. The van der Waals surface area contributed by atoms with Crippen molar-refractivity contribution < 1.29 is 9.18 Å². The van der Waals surface area contributed by atoms with Gasteiger partial charge in [0.1, 0.15) is 5.82 Å². The molecule has 1 aliphatic heterocycles. The Hall–Kier alpha value is -0.940. The van der Waals surface area contributed by atoms with Crippen LogP contribution in [-0.2, 0) is 0 Å². The number of nitrogens with zero attached hydrogens (tertiary/aromatic N) is 1. The van der Waals surface area contributed by atoms with Crippen molar-refractivity contribution in [3.63, 3.8) is 0 Å². The summed E-state index contributed by atoms with van der Waals surface area (Å²) < 4.78 is 14.1. The molecule has 1 fully saturated rings. The summed E-state index contributed by atoms with van der Waals surface area (Å²) in [6.07, 6.45) is 4.40. The molecule has 1 amide bonds. The van der Waals surface area contributed by atoms with E-state index in [0.29, 0.717) is 29.2 Å². The van der Waals surface area contributed by atoms with Gasteiger partial charge in [-0.1, -0.05) is 29.3 Å². The van der Waals surface area contributed by atoms with Gasteiger partial charge in [0.25, 0.3) is 5.91 Å². The standard InChI is InChI=1S/C16H22BrFN2O/c1-2-7-20(11-15-5-3-4-6-19-15)16(21)12-8-13(17)10-14(18)9-12/h8-10,15,19H,2-7,11H2,1H3.